The number of carbonyl (C=O) groups excluding carboxylic acids is 1. The Balaban J connectivity index is 2.32. The van der Waals surface area contributed by atoms with Crippen molar-refractivity contribution in [2.45, 2.75) is 4.90 Å². The molecule has 1 aromatic carbocycles. The van der Waals surface area contributed by atoms with Crippen molar-refractivity contribution in [3.05, 3.63) is 28.2 Å². The van der Waals surface area contributed by atoms with Gasteiger partial charge >= 0.3 is 5.97 Å². The molecule has 6 heteroatoms. The van der Waals surface area contributed by atoms with Gasteiger partial charge in [-0.15, -0.1) is 12.6 Å². The zero-order valence-corrected chi connectivity index (χ0v) is 12.5. The predicted octanol–water partition coefficient (Wildman–Crippen LogP) is 2.56. The molecule has 0 saturated heterocycles. The van der Waals surface area contributed by atoms with Crippen molar-refractivity contribution in [1.82, 2.24) is 0 Å². The minimum Gasteiger partial charge on any atom is -0.460 e. The van der Waals surface area contributed by atoms with E-state index in [9.17, 15) is 4.79 Å². The van der Waals surface area contributed by atoms with Crippen LogP contribution in [0, 0.1) is 0 Å². The normalized spacial score (nSPS) is 10.4. The summed E-state index contributed by atoms with van der Waals surface area (Å²) in [6.45, 7) is 1.59. The number of ether oxygens (including phenoxy) is 3. The van der Waals surface area contributed by atoms with Crippen molar-refractivity contribution < 1.29 is 19.0 Å². The third kappa shape index (κ3) is 5.39. The fourth-order valence-corrected chi connectivity index (χ4v) is 2.04. The third-order valence-corrected chi connectivity index (χ3v) is 2.94. The molecule has 0 unspecified atom stereocenters. The van der Waals surface area contributed by atoms with Gasteiger partial charge in [-0.2, -0.15) is 0 Å². The molecule has 1 aromatic rings. The van der Waals surface area contributed by atoms with Crippen LogP contribution in [0.5, 0.6) is 0 Å². The number of hydrogen-bond acceptors (Lipinski definition) is 5. The van der Waals surface area contributed by atoms with E-state index in [4.69, 9.17) is 14.2 Å². The van der Waals surface area contributed by atoms with E-state index < -0.39 is 5.97 Å². The summed E-state index contributed by atoms with van der Waals surface area (Å²) in [5.41, 5.74) is 0.443. The smallest absolute Gasteiger partial charge is 0.339 e. The number of esters is 1. The Kier molecular flexibility index (Phi) is 7.34. The highest BCUT2D eigenvalue weighted by Crippen LogP contribution is 2.20. The van der Waals surface area contributed by atoms with Gasteiger partial charge in [0, 0.05) is 16.5 Å². The first-order valence-electron chi connectivity index (χ1n) is 5.37. The van der Waals surface area contributed by atoms with Gasteiger partial charge in [0.15, 0.2) is 0 Å². The van der Waals surface area contributed by atoms with Crippen LogP contribution in [0.3, 0.4) is 0 Å². The average Bonchev–Trinajstić information content (AvgIpc) is 2.33. The second-order valence-corrected chi connectivity index (χ2v) is 4.80. The van der Waals surface area contributed by atoms with E-state index in [0.717, 1.165) is 4.47 Å². The van der Waals surface area contributed by atoms with Crippen LogP contribution < -0.4 is 0 Å². The number of rotatable bonds is 7. The molecule has 0 spiro atoms. The highest BCUT2D eigenvalue weighted by molar-refractivity contribution is 9.10. The monoisotopic (exact) mass is 334 g/mol. The molecule has 4 nitrogen and oxygen atoms in total. The zero-order chi connectivity index (χ0) is 13.4. The second-order valence-electron chi connectivity index (χ2n) is 3.40. The maximum absolute atomic E-state index is 11.7. The van der Waals surface area contributed by atoms with Crippen LogP contribution in [-0.2, 0) is 14.2 Å². The molecule has 0 amide bonds. The van der Waals surface area contributed by atoms with Crippen molar-refractivity contribution in [1.29, 1.82) is 0 Å². The van der Waals surface area contributed by atoms with Crippen molar-refractivity contribution in [2.24, 2.45) is 0 Å². The van der Waals surface area contributed by atoms with E-state index in [1.165, 1.54) is 0 Å². The summed E-state index contributed by atoms with van der Waals surface area (Å²) in [5.74, 6) is -0.400. The van der Waals surface area contributed by atoms with Gasteiger partial charge in [0.05, 0.1) is 25.4 Å². The summed E-state index contributed by atoms with van der Waals surface area (Å²) < 4.78 is 15.9. The SMILES string of the molecule is COCCOCCOC(=O)c1ccc(Br)cc1S. The van der Waals surface area contributed by atoms with E-state index in [1.807, 2.05) is 0 Å². The van der Waals surface area contributed by atoms with Crippen LogP contribution >= 0.6 is 28.6 Å². The van der Waals surface area contributed by atoms with E-state index >= 15 is 0 Å². The van der Waals surface area contributed by atoms with Gasteiger partial charge in [-0.3, -0.25) is 0 Å². The average molecular weight is 335 g/mol. The predicted molar refractivity (Wildman–Crippen MR) is 74.4 cm³/mol. The Morgan fingerprint density at radius 1 is 1.28 bits per heavy atom. The van der Waals surface area contributed by atoms with Crippen LogP contribution in [0.15, 0.2) is 27.6 Å². The number of methoxy groups -OCH3 is 1. The number of hydrogen-bond donors (Lipinski definition) is 1. The Labute approximate surface area is 120 Å². The molecular weight excluding hydrogens is 320 g/mol. The summed E-state index contributed by atoms with van der Waals surface area (Å²) in [6, 6.07) is 5.18. The number of benzene rings is 1. The molecule has 0 bridgehead atoms. The van der Waals surface area contributed by atoms with Crippen LogP contribution in [0.4, 0.5) is 0 Å². The van der Waals surface area contributed by atoms with Crippen LogP contribution in [0.1, 0.15) is 10.4 Å². The first-order chi connectivity index (χ1) is 8.65. The molecule has 0 heterocycles. The first kappa shape index (κ1) is 15.5. The topological polar surface area (TPSA) is 44.8 Å². The van der Waals surface area contributed by atoms with Crippen LogP contribution in [-0.4, -0.2) is 39.5 Å². The van der Waals surface area contributed by atoms with Gasteiger partial charge in [-0.05, 0) is 18.2 Å². The summed E-state index contributed by atoms with van der Waals surface area (Å²) in [4.78, 5) is 12.3. The highest BCUT2D eigenvalue weighted by Gasteiger charge is 2.10. The molecule has 0 saturated carbocycles. The maximum Gasteiger partial charge on any atom is 0.339 e. The molecular formula is C12H15BrO4S. The molecule has 18 heavy (non-hydrogen) atoms. The summed E-state index contributed by atoms with van der Waals surface area (Å²) in [7, 11) is 1.60. The zero-order valence-electron chi connectivity index (χ0n) is 10.0. The van der Waals surface area contributed by atoms with Crippen molar-refractivity contribution in [3.63, 3.8) is 0 Å². The first-order valence-corrected chi connectivity index (χ1v) is 6.61. The molecule has 0 N–H and O–H groups in total. The maximum atomic E-state index is 11.7. The van der Waals surface area contributed by atoms with Crippen molar-refractivity contribution >= 4 is 34.5 Å². The van der Waals surface area contributed by atoms with E-state index in [-0.39, 0.29) is 6.61 Å². The molecule has 0 aliphatic rings. The fraction of sp³-hybridized carbons (Fsp3) is 0.417. The van der Waals surface area contributed by atoms with Gasteiger partial charge in [-0.1, -0.05) is 15.9 Å². The third-order valence-electron chi connectivity index (χ3n) is 2.07. The highest BCUT2D eigenvalue weighted by atomic mass is 79.9. The Bertz CT molecular complexity index is 398. The number of thiol groups is 1. The number of carbonyl (C=O) groups is 1. The lowest BCUT2D eigenvalue weighted by molar-refractivity contribution is 0.0211. The van der Waals surface area contributed by atoms with Crippen LogP contribution in [0.25, 0.3) is 0 Å². The Hall–Kier alpha value is -0.560. The largest absolute Gasteiger partial charge is 0.460 e. The van der Waals surface area contributed by atoms with Gasteiger partial charge < -0.3 is 14.2 Å². The molecule has 0 aliphatic heterocycles. The standard InChI is InChI=1S/C12H15BrO4S/c1-15-4-5-16-6-7-17-12(14)10-3-2-9(13)8-11(10)18/h2-3,8,18H,4-7H2,1H3. The lowest BCUT2D eigenvalue weighted by Gasteiger charge is -2.07. The molecule has 0 radical (unpaired) electrons. The Morgan fingerprint density at radius 3 is 2.67 bits per heavy atom. The fourth-order valence-electron chi connectivity index (χ4n) is 1.19. The van der Waals surface area contributed by atoms with E-state index in [0.29, 0.717) is 30.3 Å². The summed E-state index contributed by atoms with van der Waals surface area (Å²) in [5, 5.41) is 0. The summed E-state index contributed by atoms with van der Waals surface area (Å²) in [6.07, 6.45) is 0. The molecule has 0 aliphatic carbocycles. The molecule has 0 fully saturated rings. The van der Waals surface area contributed by atoms with Gasteiger partial charge in [-0.25, -0.2) is 4.79 Å². The molecule has 100 valence electrons. The minimum absolute atomic E-state index is 0.214. The number of halogens is 1. The van der Waals surface area contributed by atoms with E-state index in [2.05, 4.69) is 28.6 Å². The summed E-state index contributed by atoms with van der Waals surface area (Å²) >= 11 is 7.52. The molecule has 0 aromatic heterocycles. The Morgan fingerprint density at radius 2 is 2.00 bits per heavy atom. The van der Waals surface area contributed by atoms with Gasteiger partial charge in [0.1, 0.15) is 6.61 Å². The van der Waals surface area contributed by atoms with Gasteiger partial charge in [0.2, 0.25) is 0 Å². The second kappa shape index (κ2) is 8.53. The van der Waals surface area contributed by atoms with Gasteiger partial charge in [0.25, 0.3) is 0 Å². The van der Waals surface area contributed by atoms with E-state index in [1.54, 1.807) is 25.3 Å². The minimum atomic E-state index is -0.400. The van der Waals surface area contributed by atoms with Crippen LogP contribution in [0.2, 0.25) is 0 Å². The molecule has 0 atom stereocenters. The molecule has 1 rings (SSSR count). The lowest BCUT2D eigenvalue weighted by atomic mass is 10.2. The van der Waals surface area contributed by atoms with Crippen molar-refractivity contribution in [2.75, 3.05) is 33.5 Å². The quantitative estimate of drug-likeness (QED) is 0.473. The lowest BCUT2D eigenvalue weighted by Crippen LogP contribution is -2.13. The van der Waals surface area contributed by atoms with Crippen molar-refractivity contribution in [3.8, 4) is 0 Å².